The number of amides is 3. The molecule has 2 aromatic carbocycles. The fourth-order valence-electron chi connectivity index (χ4n) is 3.08. The van der Waals surface area contributed by atoms with Gasteiger partial charge in [-0.15, -0.1) is 0 Å². The van der Waals surface area contributed by atoms with Crippen molar-refractivity contribution in [2.24, 2.45) is 0 Å². The minimum absolute atomic E-state index is 0.298. The normalized spacial score (nSPS) is 16.6. The van der Waals surface area contributed by atoms with E-state index in [2.05, 4.69) is 16.0 Å². The second-order valence-electron chi connectivity index (χ2n) is 6.08. The number of urea groups is 1. The Bertz CT molecular complexity index is 889. The van der Waals surface area contributed by atoms with Gasteiger partial charge < -0.3 is 20.7 Å². The molecule has 26 heavy (non-hydrogen) atoms. The number of para-hydroxylation sites is 2. The molecule has 6 heteroatoms. The highest BCUT2D eigenvalue weighted by molar-refractivity contribution is 6.07. The summed E-state index contributed by atoms with van der Waals surface area (Å²) >= 11 is 0. The van der Waals surface area contributed by atoms with E-state index in [1.807, 2.05) is 43.3 Å². The van der Waals surface area contributed by atoms with Crippen LogP contribution in [0.1, 0.15) is 24.1 Å². The Labute approximate surface area is 152 Å². The Morgan fingerprint density at radius 3 is 2.50 bits per heavy atom. The van der Waals surface area contributed by atoms with Gasteiger partial charge in [0.05, 0.1) is 24.4 Å². The molecule has 0 bridgehead atoms. The van der Waals surface area contributed by atoms with Gasteiger partial charge in [-0.25, -0.2) is 4.79 Å². The SMILES string of the molecule is COc1ccccc1NC(=O)C1=C(C)NC(=O)N[C@@H]1c1ccccc1C. The highest BCUT2D eigenvalue weighted by Gasteiger charge is 2.32. The second kappa shape index (κ2) is 7.31. The van der Waals surface area contributed by atoms with Crippen LogP contribution < -0.4 is 20.7 Å². The summed E-state index contributed by atoms with van der Waals surface area (Å²) < 4.78 is 5.29. The molecule has 0 fully saturated rings. The van der Waals surface area contributed by atoms with Crippen molar-refractivity contribution < 1.29 is 14.3 Å². The van der Waals surface area contributed by atoms with Crippen molar-refractivity contribution in [3.05, 3.63) is 70.9 Å². The molecular formula is C20H21N3O3. The molecule has 3 amide bonds. The first-order chi connectivity index (χ1) is 12.5. The molecule has 0 aliphatic carbocycles. The molecule has 1 aliphatic rings. The molecule has 0 radical (unpaired) electrons. The van der Waals surface area contributed by atoms with E-state index >= 15 is 0 Å². The zero-order chi connectivity index (χ0) is 18.7. The van der Waals surface area contributed by atoms with Gasteiger partial charge in [-0.1, -0.05) is 36.4 Å². The van der Waals surface area contributed by atoms with E-state index < -0.39 is 6.04 Å². The smallest absolute Gasteiger partial charge is 0.319 e. The average molecular weight is 351 g/mol. The number of nitrogens with one attached hydrogen (secondary N) is 3. The number of carbonyl (C=O) groups is 2. The zero-order valence-electron chi connectivity index (χ0n) is 14.9. The standard InChI is InChI=1S/C20H21N3O3/c1-12-8-4-5-9-14(12)18-17(13(2)21-20(25)23-18)19(24)22-15-10-6-7-11-16(15)26-3/h4-11,18H,1-3H3,(H,22,24)(H2,21,23,25)/t18-/m1/s1. The molecule has 0 spiro atoms. The molecule has 0 aromatic heterocycles. The number of aryl methyl sites for hydroxylation is 1. The Balaban J connectivity index is 1.99. The van der Waals surface area contributed by atoms with Gasteiger partial charge in [-0.2, -0.15) is 0 Å². The fourth-order valence-corrected chi connectivity index (χ4v) is 3.08. The van der Waals surface area contributed by atoms with Crippen molar-refractivity contribution in [1.29, 1.82) is 0 Å². The number of ether oxygens (including phenoxy) is 1. The first-order valence-electron chi connectivity index (χ1n) is 8.29. The monoisotopic (exact) mass is 351 g/mol. The summed E-state index contributed by atoms with van der Waals surface area (Å²) in [5, 5.41) is 8.41. The van der Waals surface area contributed by atoms with Gasteiger partial charge in [0.1, 0.15) is 5.75 Å². The summed E-state index contributed by atoms with van der Waals surface area (Å²) in [4.78, 5) is 25.0. The summed E-state index contributed by atoms with van der Waals surface area (Å²) in [5.74, 6) is 0.270. The third-order valence-corrected chi connectivity index (χ3v) is 4.37. The quantitative estimate of drug-likeness (QED) is 0.791. The average Bonchev–Trinajstić information content (AvgIpc) is 2.61. The molecule has 1 aliphatic heterocycles. The highest BCUT2D eigenvalue weighted by atomic mass is 16.5. The van der Waals surface area contributed by atoms with Crippen LogP contribution in [0.4, 0.5) is 10.5 Å². The van der Waals surface area contributed by atoms with Crippen LogP contribution in [0.25, 0.3) is 0 Å². The largest absolute Gasteiger partial charge is 0.495 e. The van der Waals surface area contributed by atoms with E-state index in [9.17, 15) is 9.59 Å². The molecule has 3 rings (SSSR count). The number of anilines is 1. The molecule has 0 saturated heterocycles. The van der Waals surface area contributed by atoms with Crippen LogP contribution in [-0.4, -0.2) is 19.0 Å². The Kier molecular flexibility index (Phi) is 4.93. The van der Waals surface area contributed by atoms with Crippen molar-refractivity contribution in [2.45, 2.75) is 19.9 Å². The molecule has 134 valence electrons. The van der Waals surface area contributed by atoms with Crippen molar-refractivity contribution in [2.75, 3.05) is 12.4 Å². The van der Waals surface area contributed by atoms with E-state index in [1.54, 1.807) is 26.2 Å². The van der Waals surface area contributed by atoms with Crippen LogP contribution in [0.2, 0.25) is 0 Å². The summed E-state index contributed by atoms with van der Waals surface area (Å²) in [7, 11) is 1.55. The lowest BCUT2D eigenvalue weighted by Gasteiger charge is -2.29. The predicted molar refractivity (Wildman–Crippen MR) is 99.9 cm³/mol. The van der Waals surface area contributed by atoms with Gasteiger partial charge in [-0.3, -0.25) is 4.79 Å². The zero-order valence-corrected chi connectivity index (χ0v) is 14.9. The minimum Gasteiger partial charge on any atom is -0.495 e. The number of rotatable bonds is 4. The Morgan fingerprint density at radius 2 is 1.77 bits per heavy atom. The summed E-state index contributed by atoms with van der Waals surface area (Å²) in [6.45, 7) is 3.68. The molecule has 0 saturated carbocycles. The third-order valence-electron chi connectivity index (χ3n) is 4.37. The fraction of sp³-hybridized carbons (Fsp3) is 0.200. The number of methoxy groups -OCH3 is 1. The lowest BCUT2D eigenvalue weighted by molar-refractivity contribution is -0.113. The maximum atomic E-state index is 13.0. The lowest BCUT2D eigenvalue weighted by Crippen LogP contribution is -2.46. The molecule has 1 atom stereocenters. The van der Waals surface area contributed by atoms with E-state index in [4.69, 9.17) is 4.74 Å². The lowest BCUT2D eigenvalue weighted by atomic mass is 9.92. The van der Waals surface area contributed by atoms with Crippen molar-refractivity contribution >= 4 is 17.6 Å². The van der Waals surface area contributed by atoms with Crippen LogP contribution in [0.15, 0.2) is 59.8 Å². The predicted octanol–water partition coefficient (Wildman–Crippen LogP) is 3.27. The Morgan fingerprint density at radius 1 is 1.08 bits per heavy atom. The maximum absolute atomic E-state index is 13.0. The van der Waals surface area contributed by atoms with Gasteiger partial charge in [-0.05, 0) is 37.1 Å². The van der Waals surface area contributed by atoms with E-state index in [1.165, 1.54) is 0 Å². The van der Waals surface area contributed by atoms with Gasteiger partial charge in [0.25, 0.3) is 5.91 Å². The minimum atomic E-state index is -0.528. The molecule has 3 N–H and O–H groups in total. The molecular weight excluding hydrogens is 330 g/mol. The molecule has 1 heterocycles. The second-order valence-corrected chi connectivity index (χ2v) is 6.08. The number of hydrogen-bond acceptors (Lipinski definition) is 3. The van der Waals surface area contributed by atoms with Crippen LogP contribution in [0.5, 0.6) is 5.75 Å². The van der Waals surface area contributed by atoms with Gasteiger partial charge in [0.15, 0.2) is 0 Å². The molecule has 0 unspecified atom stereocenters. The number of hydrogen-bond donors (Lipinski definition) is 3. The van der Waals surface area contributed by atoms with Crippen LogP contribution in [-0.2, 0) is 4.79 Å². The van der Waals surface area contributed by atoms with E-state index in [0.717, 1.165) is 11.1 Å². The Hall–Kier alpha value is -3.28. The number of carbonyl (C=O) groups excluding carboxylic acids is 2. The van der Waals surface area contributed by atoms with Crippen LogP contribution in [0, 0.1) is 6.92 Å². The summed E-state index contributed by atoms with van der Waals surface area (Å²) in [5.41, 5.74) is 3.43. The van der Waals surface area contributed by atoms with Gasteiger partial charge in [0.2, 0.25) is 0 Å². The topological polar surface area (TPSA) is 79.5 Å². The molecule has 2 aromatic rings. The van der Waals surface area contributed by atoms with Crippen LogP contribution in [0.3, 0.4) is 0 Å². The number of benzene rings is 2. The van der Waals surface area contributed by atoms with E-state index in [0.29, 0.717) is 22.7 Å². The highest BCUT2D eigenvalue weighted by Crippen LogP contribution is 2.31. The third kappa shape index (κ3) is 3.39. The van der Waals surface area contributed by atoms with Crippen LogP contribution >= 0.6 is 0 Å². The summed E-state index contributed by atoms with van der Waals surface area (Å²) in [6.07, 6.45) is 0. The van der Waals surface area contributed by atoms with Crippen molar-refractivity contribution in [1.82, 2.24) is 10.6 Å². The first-order valence-corrected chi connectivity index (χ1v) is 8.29. The van der Waals surface area contributed by atoms with Gasteiger partial charge in [0, 0.05) is 5.70 Å². The van der Waals surface area contributed by atoms with Gasteiger partial charge >= 0.3 is 6.03 Å². The summed E-state index contributed by atoms with van der Waals surface area (Å²) in [6, 6.07) is 14.0. The first kappa shape index (κ1) is 17.5. The van der Waals surface area contributed by atoms with Crippen molar-refractivity contribution in [3.8, 4) is 5.75 Å². The van der Waals surface area contributed by atoms with Crippen molar-refractivity contribution in [3.63, 3.8) is 0 Å². The van der Waals surface area contributed by atoms with E-state index in [-0.39, 0.29) is 11.9 Å². The maximum Gasteiger partial charge on any atom is 0.319 e. The molecule has 6 nitrogen and oxygen atoms in total. The number of allylic oxidation sites excluding steroid dienone is 1.